The summed E-state index contributed by atoms with van der Waals surface area (Å²) in [7, 11) is 0. The predicted molar refractivity (Wildman–Crippen MR) is 115 cm³/mol. The maximum Gasteiger partial charge on any atom is 0.357 e. The van der Waals surface area contributed by atoms with E-state index in [1.807, 2.05) is 37.3 Å². The number of rotatable bonds is 3. The van der Waals surface area contributed by atoms with Crippen molar-refractivity contribution >= 4 is 39.1 Å². The SMILES string of the molecule is Cc1c(-c2ccc(C=c3sc4[nH+]c5ccccc5n4c3=O)o2)ccc([N+](=O)[O-])c1C. The second-order valence-corrected chi connectivity index (χ2v) is 8.07. The molecule has 5 rings (SSSR count). The van der Waals surface area contributed by atoms with Gasteiger partial charge in [0.1, 0.15) is 16.1 Å². The maximum absolute atomic E-state index is 12.9. The standard InChI is InChI=1S/C22H15N3O4S/c1-12-13(2)17(25(27)28)9-8-15(12)19-10-7-14(29-19)11-20-21(26)24-18-6-4-3-5-16(18)23-22(24)30-20/h3-11H,1-2H3/p+1. The van der Waals surface area contributed by atoms with E-state index in [0.29, 0.717) is 21.6 Å². The highest BCUT2D eigenvalue weighted by atomic mass is 32.1. The Morgan fingerprint density at radius 2 is 1.90 bits per heavy atom. The number of nitro benzene ring substituents is 1. The molecule has 0 spiro atoms. The van der Waals surface area contributed by atoms with E-state index in [2.05, 4.69) is 4.98 Å². The average Bonchev–Trinajstić information content (AvgIpc) is 3.40. The lowest BCUT2D eigenvalue weighted by Crippen LogP contribution is -2.22. The quantitative estimate of drug-likeness (QED) is 0.330. The number of H-pyrrole nitrogens is 1. The lowest BCUT2D eigenvalue weighted by atomic mass is 10.00. The number of fused-ring (bicyclic) bond motifs is 3. The van der Waals surface area contributed by atoms with E-state index in [0.717, 1.165) is 27.1 Å². The molecule has 0 aliphatic rings. The largest absolute Gasteiger partial charge is 0.457 e. The first kappa shape index (κ1) is 18.3. The molecular formula is C22H16N3O4S+. The average molecular weight is 418 g/mol. The third-order valence-electron chi connectivity index (χ3n) is 5.33. The summed E-state index contributed by atoms with van der Waals surface area (Å²) in [6, 6.07) is 14.4. The zero-order valence-corrected chi connectivity index (χ0v) is 16.9. The highest BCUT2D eigenvalue weighted by Gasteiger charge is 2.19. The zero-order chi connectivity index (χ0) is 21.0. The number of para-hydroxylation sites is 2. The van der Waals surface area contributed by atoms with Crippen molar-refractivity contribution in [3.05, 3.63) is 90.4 Å². The number of imidazole rings is 1. The smallest absolute Gasteiger partial charge is 0.357 e. The maximum atomic E-state index is 12.9. The number of nitro groups is 1. The van der Waals surface area contributed by atoms with Gasteiger partial charge in [0.2, 0.25) is 0 Å². The van der Waals surface area contributed by atoms with Gasteiger partial charge in [0, 0.05) is 23.3 Å². The van der Waals surface area contributed by atoms with Gasteiger partial charge in [0.25, 0.3) is 5.69 Å². The van der Waals surface area contributed by atoms with Gasteiger partial charge in [-0.3, -0.25) is 10.1 Å². The summed E-state index contributed by atoms with van der Waals surface area (Å²) in [4.78, 5) is 27.7. The minimum absolute atomic E-state index is 0.0866. The molecule has 0 aliphatic heterocycles. The van der Waals surface area contributed by atoms with Crippen LogP contribution in [0.4, 0.5) is 5.69 Å². The molecule has 8 heteroatoms. The van der Waals surface area contributed by atoms with Gasteiger partial charge in [-0.1, -0.05) is 12.1 Å². The van der Waals surface area contributed by atoms with Crippen LogP contribution in [0, 0.1) is 24.0 Å². The summed E-state index contributed by atoms with van der Waals surface area (Å²) in [5.41, 5.74) is 3.93. The monoisotopic (exact) mass is 418 g/mol. The summed E-state index contributed by atoms with van der Waals surface area (Å²) in [6.45, 7) is 3.56. The lowest BCUT2D eigenvalue weighted by Gasteiger charge is -2.06. The summed E-state index contributed by atoms with van der Waals surface area (Å²) in [5, 5.41) is 11.1. The fraction of sp³-hybridized carbons (Fsp3) is 0.0909. The minimum atomic E-state index is -0.386. The first-order valence-electron chi connectivity index (χ1n) is 9.26. The molecule has 0 saturated heterocycles. The Labute approximate surface area is 173 Å². The molecule has 0 amide bonds. The molecule has 5 aromatic rings. The topological polar surface area (TPSA) is 91.9 Å². The van der Waals surface area contributed by atoms with Crippen molar-refractivity contribution in [3.8, 4) is 11.3 Å². The lowest BCUT2D eigenvalue weighted by molar-refractivity contribution is -0.385. The number of nitrogens with one attached hydrogen (secondary N) is 1. The number of benzene rings is 2. The van der Waals surface area contributed by atoms with E-state index in [1.54, 1.807) is 29.5 Å². The highest BCUT2D eigenvalue weighted by Crippen LogP contribution is 2.32. The third kappa shape index (κ3) is 2.73. The second-order valence-electron chi connectivity index (χ2n) is 7.04. The van der Waals surface area contributed by atoms with Crippen LogP contribution in [0.25, 0.3) is 33.4 Å². The molecule has 0 radical (unpaired) electrons. The fourth-order valence-corrected chi connectivity index (χ4v) is 4.65. The van der Waals surface area contributed by atoms with Gasteiger partial charge < -0.3 is 4.42 Å². The molecule has 3 heterocycles. The van der Waals surface area contributed by atoms with Crippen molar-refractivity contribution in [3.63, 3.8) is 0 Å². The summed E-state index contributed by atoms with van der Waals surface area (Å²) in [5.74, 6) is 1.15. The summed E-state index contributed by atoms with van der Waals surface area (Å²) < 4.78 is 8.17. The van der Waals surface area contributed by atoms with Crippen LogP contribution >= 0.6 is 11.3 Å². The van der Waals surface area contributed by atoms with Crippen molar-refractivity contribution in [1.29, 1.82) is 0 Å². The summed E-state index contributed by atoms with van der Waals surface area (Å²) >= 11 is 1.36. The van der Waals surface area contributed by atoms with Crippen LogP contribution < -0.4 is 15.1 Å². The van der Waals surface area contributed by atoms with Gasteiger partial charge in [-0.2, -0.15) is 0 Å². The summed E-state index contributed by atoms with van der Waals surface area (Å²) in [6.07, 6.45) is 1.72. The zero-order valence-electron chi connectivity index (χ0n) is 16.1. The number of thiazole rings is 1. The van der Waals surface area contributed by atoms with Crippen LogP contribution in [-0.4, -0.2) is 9.32 Å². The van der Waals surface area contributed by atoms with Crippen LogP contribution in [0.2, 0.25) is 0 Å². The Morgan fingerprint density at radius 3 is 2.70 bits per heavy atom. The van der Waals surface area contributed by atoms with Crippen molar-refractivity contribution in [2.45, 2.75) is 13.8 Å². The molecule has 148 valence electrons. The van der Waals surface area contributed by atoms with E-state index in [4.69, 9.17) is 4.42 Å². The molecule has 2 aromatic carbocycles. The van der Waals surface area contributed by atoms with E-state index in [9.17, 15) is 14.9 Å². The number of hydrogen-bond donors (Lipinski definition) is 0. The van der Waals surface area contributed by atoms with Gasteiger partial charge in [0.05, 0.1) is 4.92 Å². The normalized spacial score (nSPS) is 12.3. The molecular weight excluding hydrogens is 402 g/mol. The van der Waals surface area contributed by atoms with E-state index in [1.165, 1.54) is 17.4 Å². The molecule has 0 atom stereocenters. The van der Waals surface area contributed by atoms with Gasteiger partial charge in [0.15, 0.2) is 11.0 Å². The first-order valence-corrected chi connectivity index (χ1v) is 10.1. The number of aromatic amines is 1. The van der Waals surface area contributed by atoms with Gasteiger partial charge in [-0.25, -0.2) is 9.78 Å². The molecule has 0 unspecified atom stereocenters. The Hall–Kier alpha value is -3.78. The van der Waals surface area contributed by atoms with Crippen molar-refractivity contribution < 1.29 is 14.3 Å². The van der Waals surface area contributed by atoms with Crippen LogP contribution in [0.5, 0.6) is 0 Å². The molecule has 0 fully saturated rings. The number of hydrogen-bond acceptors (Lipinski definition) is 5. The van der Waals surface area contributed by atoms with Crippen LogP contribution in [0.15, 0.2) is 57.7 Å². The van der Waals surface area contributed by atoms with Crippen LogP contribution in [0.1, 0.15) is 16.9 Å². The highest BCUT2D eigenvalue weighted by molar-refractivity contribution is 7.14. The number of furan rings is 1. The molecule has 0 bridgehead atoms. The minimum Gasteiger partial charge on any atom is -0.457 e. The van der Waals surface area contributed by atoms with Crippen molar-refractivity contribution in [2.75, 3.05) is 0 Å². The van der Waals surface area contributed by atoms with Gasteiger partial charge >= 0.3 is 10.5 Å². The van der Waals surface area contributed by atoms with Crippen molar-refractivity contribution in [2.24, 2.45) is 0 Å². The molecule has 7 nitrogen and oxygen atoms in total. The van der Waals surface area contributed by atoms with Crippen LogP contribution in [-0.2, 0) is 0 Å². The molecule has 1 N–H and O–H groups in total. The Kier molecular flexibility index (Phi) is 4.04. The molecule has 30 heavy (non-hydrogen) atoms. The molecule has 0 saturated carbocycles. The fourth-order valence-electron chi connectivity index (χ4n) is 3.65. The molecule has 3 aromatic heterocycles. The van der Waals surface area contributed by atoms with Gasteiger partial charge in [-0.15, -0.1) is 4.40 Å². The van der Waals surface area contributed by atoms with Crippen LogP contribution in [0.3, 0.4) is 0 Å². The van der Waals surface area contributed by atoms with Gasteiger partial charge in [-0.05, 0) is 61.1 Å². The van der Waals surface area contributed by atoms with E-state index >= 15 is 0 Å². The Morgan fingerprint density at radius 1 is 1.10 bits per heavy atom. The second kappa shape index (κ2) is 6.64. The Bertz CT molecular complexity index is 1580. The first-order chi connectivity index (χ1) is 14.4. The number of nitrogens with zero attached hydrogens (tertiary/aromatic N) is 2. The molecule has 0 aliphatic carbocycles. The van der Waals surface area contributed by atoms with E-state index < -0.39 is 0 Å². The van der Waals surface area contributed by atoms with E-state index in [-0.39, 0.29) is 16.2 Å². The third-order valence-corrected chi connectivity index (χ3v) is 6.32. The van der Waals surface area contributed by atoms with Crippen molar-refractivity contribution in [1.82, 2.24) is 4.40 Å². The predicted octanol–water partition coefficient (Wildman–Crippen LogP) is 3.66. The Balaban J connectivity index is 1.59. The number of aromatic nitrogens is 2.